The highest BCUT2D eigenvalue weighted by Crippen LogP contribution is 2.30. The van der Waals surface area contributed by atoms with E-state index in [0.717, 1.165) is 17.7 Å². The van der Waals surface area contributed by atoms with Crippen LogP contribution in [0.3, 0.4) is 0 Å². The third-order valence-corrected chi connectivity index (χ3v) is 2.84. The molecule has 0 saturated heterocycles. The minimum absolute atomic E-state index is 0.432. The Morgan fingerprint density at radius 3 is 2.65 bits per heavy atom. The van der Waals surface area contributed by atoms with Crippen molar-refractivity contribution in [1.82, 2.24) is 0 Å². The van der Waals surface area contributed by atoms with Crippen LogP contribution in [0.25, 0.3) is 0 Å². The normalized spacial score (nSPS) is 12.8. The average Bonchev–Trinajstić information content (AvgIpc) is 2.27. The van der Waals surface area contributed by atoms with Crippen molar-refractivity contribution in [2.75, 3.05) is 6.61 Å². The first kappa shape index (κ1) is 14.3. The Balaban J connectivity index is 2.81. The average molecular weight is 257 g/mol. The molecule has 0 fully saturated rings. The highest BCUT2D eigenvalue weighted by atomic mass is 35.5. The van der Waals surface area contributed by atoms with E-state index in [4.69, 9.17) is 16.3 Å². The van der Waals surface area contributed by atoms with Gasteiger partial charge in [0.05, 0.1) is 12.7 Å². The molecule has 1 aromatic carbocycles. The van der Waals surface area contributed by atoms with Gasteiger partial charge in [-0.2, -0.15) is 0 Å². The quantitative estimate of drug-likeness (QED) is 0.826. The van der Waals surface area contributed by atoms with Gasteiger partial charge in [-0.15, -0.1) is 0 Å². The maximum Gasteiger partial charge on any atom is 0.119 e. The molecule has 1 aromatic rings. The molecule has 0 amide bonds. The minimum atomic E-state index is -0.521. The van der Waals surface area contributed by atoms with Gasteiger partial charge in [-0.3, -0.25) is 0 Å². The zero-order valence-electron chi connectivity index (χ0n) is 10.7. The highest BCUT2D eigenvalue weighted by Gasteiger charge is 2.14. The summed E-state index contributed by atoms with van der Waals surface area (Å²) < 4.78 is 5.54. The Hall–Kier alpha value is -0.730. The third-order valence-electron chi connectivity index (χ3n) is 2.49. The second-order valence-corrected chi connectivity index (χ2v) is 5.08. The van der Waals surface area contributed by atoms with Crippen molar-refractivity contribution >= 4 is 11.6 Å². The van der Waals surface area contributed by atoms with Crippen molar-refractivity contribution in [3.63, 3.8) is 0 Å². The lowest BCUT2D eigenvalue weighted by molar-refractivity contribution is 0.150. The first-order chi connectivity index (χ1) is 8.04. The Morgan fingerprint density at radius 2 is 2.06 bits per heavy atom. The molecule has 0 heterocycles. The van der Waals surface area contributed by atoms with E-state index in [-0.39, 0.29) is 0 Å². The van der Waals surface area contributed by atoms with E-state index in [2.05, 4.69) is 20.8 Å². The fraction of sp³-hybridized carbons (Fsp3) is 0.571. The molecule has 17 heavy (non-hydrogen) atoms. The zero-order chi connectivity index (χ0) is 12.8. The Labute approximate surface area is 109 Å². The molecule has 1 unspecified atom stereocenters. The molecule has 1 atom stereocenters. The van der Waals surface area contributed by atoms with Crippen molar-refractivity contribution in [1.29, 1.82) is 0 Å². The van der Waals surface area contributed by atoms with E-state index in [9.17, 15) is 5.11 Å². The predicted octanol–water partition coefficient (Wildman–Crippen LogP) is 4.21. The summed E-state index contributed by atoms with van der Waals surface area (Å²) in [6.45, 7) is 6.90. The van der Waals surface area contributed by atoms with Crippen molar-refractivity contribution in [3.05, 3.63) is 28.8 Å². The molecule has 0 aliphatic heterocycles. The maximum atomic E-state index is 10.1. The number of hydrogen-bond acceptors (Lipinski definition) is 2. The number of aliphatic hydroxyl groups is 1. The smallest absolute Gasteiger partial charge is 0.119 e. The number of halogens is 1. The summed E-state index contributed by atoms with van der Waals surface area (Å²) in [4.78, 5) is 0. The summed E-state index contributed by atoms with van der Waals surface area (Å²) in [5.41, 5.74) is 0.758. The van der Waals surface area contributed by atoms with Gasteiger partial charge in [0.2, 0.25) is 0 Å². The van der Waals surface area contributed by atoms with Gasteiger partial charge in [0.15, 0.2) is 0 Å². The number of ether oxygens (including phenoxy) is 1. The van der Waals surface area contributed by atoms with Crippen LogP contribution in [0.4, 0.5) is 0 Å². The monoisotopic (exact) mass is 256 g/mol. The molecule has 0 saturated carbocycles. The van der Waals surface area contributed by atoms with Crippen LogP contribution in [0.5, 0.6) is 5.75 Å². The lowest BCUT2D eigenvalue weighted by atomic mass is 9.99. The van der Waals surface area contributed by atoms with Crippen LogP contribution in [-0.4, -0.2) is 11.7 Å². The Morgan fingerprint density at radius 1 is 1.35 bits per heavy atom. The molecule has 0 spiro atoms. The maximum absolute atomic E-state index is 10.1. The summed E-state index contributed by atoms with van der Waals surface area (Å²) in [6.07, 6.45) is 1.15. The standard InChI is InChI=1S/C14H21ClO2/c1-4-7-17-11-5-6-13(15)12(9-11)14(16)8-10(2)3/h5-6,9-10,14,16H,4,7-8H2,1-3H3. The zero-order valence-corrected chi connectivity index (χ0v) is 11.5. The minimum Gasteiger partial charge on any atom is -0.494 e. The fourth-order valence-electron chi connectivity index (χ4n) is 1.66. The van der Waals surface area contributed by atoms with Crippen molar-refractivity contribution in [3.8, 4) is 5.75 Å². The van der Waals surface area contributed by atoms with Crippen LogP contribution in [-0.2, 0) is 0 Å². The van der Waals surface area contributed by atoms with E-state index in [1.54, 1.807) is 6.07 Å². The van der Waals surface area contributed by atoms with E-state index in [1.807, 2.05) is 12.1 Å². The van der Waals surface area contributed by atoms with Gasteiger partial charge < -0.3 is 9.84 Å². The lowest BCUT2D eigenvalue weighted by Crippen LogP contribution is -2.04. The molecule has 96 valence electrons. The summed E-state index contributed by atoms with van der Waals surface area (Å²) >= 11 is 6.09. The van der Waals surface area contributed by atoms with Crippen molar-refractivity contribution < 1.29 is 9.84 Å². The van der Waals surface area contributed by atoms with Gasteiger partial charge >= 0.3 is 0 Å². The Bertz CT molecular complexity index is 350. The van der Waals surface area contributed by atoms with Gasteiger partial charge in [-0.05, 0) is 37.0 Å². The van der Waals surface area contributed by atoms with Gasteiger partial charge in [0, 0.05) is 10.6 Å². The number of benzene rings is 1. The lowest BCUT2D eigenvalue weighted by Gasteiger charge is -2.16. The highest BCUT2D eigenvalue weighted by molar-refractivity contribution is 6.31. The van der Waals surface area contributed by atoms with E-state index in [0.29, 0.717) is 24.0 Å². The van der Waals surface area contributed by atoms with Crippen molar-refractivity contribution in [2.24, 2.45) is 5.92 Å². The SMILES string of the molecule is CCCOc1ccc(Cl)c(C(O)CC(C)C)c1. The molecular weight excluding hydrogens is 236 g/mol. The topological polar surface area (TPSA) is 29.5 Å². The first-order valence-corrected chi connectivity index (χ1v) is 6.52. The summed E-state index contributed by atoms with van der Waals surface area (Å²) in [5, 5.41) is 10.7. The number of hydrogen-bond donors (Lipinski definition) is 1. The fourth-order valence-corrected chi connectivity index (χ4v) is 1.90. The van der Waals surface area contributed by atoms with E-state index >= 15 is 0 Å². The molecule has 3 heteroatoms. The number of rotatable bonds is 6. The van der Waals surface area contributed by atoms with Gasteiger partial charge in [-0.1, -0.05) is 32.4 Å². The molecule has 0 aromatic heterocycles. The molecule has 2 nitrogen and oxygen atoms in total. The third kappa shape index (κ3) is 4.57. The Kier molecular flexibility index (Phi) is 5.79. The van der Waals surface area contributed by atoms with E-state index < -0.39 is 6.10 Å². The van der Waals surface area contributed by atoms with Gasteiger partial charge in [0.1, 0.15) is 5.75 Å². The number of aliphatic hydroxyl groups excluding tert-OH is 1. The van der Waals surface area contributed by atoms with Gasteiger partial charge in [0.25, 0.3) is 0 Å². The second kappa shape index (κ2) is 6.87. The molecular formula is C14H21ClO2. The van der Waals surface area contributed by atoms with E-state index in [1.165, 1.54) is 0 Å². The first-order valence-electron chi connectivity index (χ1n) is 6.14. The van der Waals surface area contributed by atoms with Crippen LogP contribution in [0.1, 0.15) is 45.3 Å². The largest absolute Gasteiger partial charge is 0.494 e. The van der Waals surface area contributed by atoms with Crippen LogP contribution in [0.2, 0.25) is 5.02 Å². The summed E-state index contributed by atoms with van der Waals surface area (Å²) in [6, 6.07) is 5.46. The summed E-state index contributed by atoms with van der Waals surface area (Å²) in [7, 11) is 0. The molecule has 0 aliphatic rings. The van der Waals surface area contributed by atoms with Crippen LogP contribution in [0, 0.1) is 5.92 Å². The molecule has 1 rings (SSSR count). The molecule has 0 aliphatic carbocycles. The van der Waals surface area contributed by atoms with Crippen LogP contribution in [0.15, 0.2) is 18.2 Å². The molecule has 1 N–H and O–H groups in total. The van der Waals surface area contributed by atoms with Gasteiger partial charge in [-0.25, -0.2) is 0 Å². The molecule has 0 radical (unpaired) electrons. The van der Waals surface area contributed by atoms with Crippen LogP contribution < -0.4 is 4.74 Å². The van der Waals surface area contributed by atoms with Crippen LogP contribution >= 0.6 is 11.6 Å². The second-order valence-electron chi connectivity index (χ2n) is 4.68. The van der Waals surface area contributed by atoms with Crippen molar-refractivity contribution in [2.45, 2.75) is 39.7 Å². The molecule has 0 bridgehead atoms. The predicted molar refractivity (Wildman–Crippen MR) is 71.7 cm³/mol. The summed E-state index contributed by atoms with van der Waals surface area (Å²) in [5.74, 6) is 1.20.